The van der Waals surface area contributed by atoms with Gasteiger partial charge in [0.1, 0.15) is 6.10 Å². The molecule has 0 unspecified atom stereocenters. The van der Waals surface area contributed by atoms with Gasteiger partial charge in [-0.1, -0.05) is 67.2 Å². The third-order valence-corrected chi connectivity index (χ3v) is 5.11. The average molecular weight is 429 g/mol. The predicted octanol–water partition coefficient (Wildman–Crippen LogP) is 6.01. The summed E-state index contributed by atoms with van der Waals surface area (Å²) in [7, 11) is 1.69. The van der Waals surface area contributed by atoms with Crippen LogP contribution in [0.3, 0.4) is 0 Å². The van der Waals surface area contributed by atoms with E-state index in [0.717, 1.165) is 18.4 Å². The van der Waals surface area contributed by atoms with Gasteiger partial charge in [0.2, 0.25) is 0 Å². The Bertz CT molecular complexity index is 709. The van der Waals surface area contributed by atoms with Gasteiger partial charge >= 0.3 is 5.97 Å². The number of allylic oxidation sites excluding steroid dienone is 7. The van der Waals surface area contributed by atoms with E-state index in [1.54, 1.807) is 13.2 Å². The number of rotatable bonds is 4. The molecule has 0 saturated carbocycles. The van der Waals surface area contributed by atoms with Gasteiger partial charge in [-0.05, 0) is 57.6 Å². The van der Waals surface area contributed by atoms with Gasteiger partial charge in [-0.3, -0.25) is 4.79 Å². The van der Waals surface area contributed by atoms with Gasteiger partial charge < -0.3 is 14.6 Å². The van der Waals surface area contributed by atoms with E-state index >= 15 is 0 Å². The molecule has 1 aliphatic heterocycles. The van der Waals surface area contributed by atoms with E-state index in [2.05, 4.69) is 32.1 Å². The Morgan fingerprint density at radius 3 is 2.61 bits per heavy atom. The molecule has 4 atom stereocenters. The number of cyclic esters (lactones) is 1. The number of carbonyl (C=O) groups is 1. The minimum absolute atomic E-state index is 0.0460. The van der Waals surface area contributed by atoms with Crippen LogP contribution in [0.25, 0.3) is 0 Å². The first kappa shape index (κ1) is 26.9. The first-order valence-corrected chi connectivity index (χ1v) is 11.2. The Labute approximate surface area is 188 Å². The molecule has 4 heteroatoms. The van der Waals surface area contributed by atoms with Gasteiger partial charge in [0.25, 0.3) is 0 Å². The Hall–Kier alpha value is -2.17. The lowest BCUT2D eigenvalue weighted by molar-refractivity contribution is -0.148. The highest BCUT2D eigenvalue weighted by atomic mass is 16.5. The molecule has 0 bridgehead atoms. The molecule has 0 aromatic heterocycles. The van der Waals surface area contributed by atoms with E-state index in [9.17, 15) is 9.90 Å². The van der Waals surface area contributed by atoms with Crippen molar-refractivity contribution in [2.75, 3.05) is 7.11 Å². The van der Waals surface area contributed by atoms with E-state index in [-0.39, 0.29) is 18.6 Å². The topological polar surface area (TPSA) is 55.8 Å². The SMILES string of the molecule is C/C=C/C/C(C)=C\[C@H]1C/C=C/C=C/C[C@H](C)/C=C(\C)[C@@H](OC)C/C=C/[C@@H](O)CC(=O)O1. The van der Waals surface area contributed by atoms with Crippen LogP contribution in [0.2, 0.25) is 0 Å². The van der Waals surface area contributed by atoms with Gasteiger partial charge in [-0.2, -0.15) is 0 Å². The second-order valence-corrected chi connectivity index (χ2v) is 8.19. The van der Waals surface area contributed by atoms with Crippen LogP contribution in [-0.4, -0.2) is 36.5 Å². The van der Waals surface area contributed by atoms with Crippen LogP contribution in [0, 0.1) is 5.92 Å². The molecule has 31 heavy (non-hydrogen) atoms. The van der Waals surface area contributed by atoms with Crippen molar-refractivity contribution >= 4 is 5.97 Å². The molecule has 1 rings (SSSR count). The lowest BCUT2D eigenvalue weighted by Crippen LogP contribution is -2.20. The Balaban J connectivity index is 3.01. The minimum Gasteiger partial charge on any atom is -0.458 e. The van der Waals surface area contributed by atoms with Gasteiger partial charge in [-0.25, -0.2) is 0 Å². The van der Waals surface area contributed by atoms with Crippen LogP contribution in [0.5, 0.6) is 0 Å². The normalized spacial score (nSPS) is 32.4. The van der Waals surface area contributed by atoms with Crippen molar-refractivity contribution in [1.82, 2.24) is 0 Å². The molecule has 0 amide bonds. The van der Waals surface area contributed by atoms with E-state index < -0.39 is 12.1 Å². The summed E-state index contributed by atoms with van der Waals surface area (Å²) in [5.74, 6) is -0.00264. The van der Waals surface area contributed by atoms with Crippen molar-refractivity contribution in [1.29, 1.82) is 0 Å². The number of ether oxygens (including phenoxy) is 2. The fourth-order valence-corrected chi connectivity index (χ4v) is 3.41. The summed E-state index contributed by atoms with van der Waals surface area (Å²) in [5, 5.41) is 10.2. The summed E-state index contributed by atoms with van der Waals surface area (Å²) in [6.07, 6.45) is 21.7. The van der Waals surface area contributed by atoms with Crippen molar-refractivity contribution in [2.45, 2.75) is 78.1 Å². The molecule has 172 valence electrons. The molecule has 0 radical (unpaired) electrons. The van der Waals surface area contributed by atoms with Gasteiger partial charge in [0, 0.05) is 13.5 Å². The molecule has 1 heterocycles. The quantitative estimate of drug-likeness (QED) is 0.440. The van der Waals surface area contributed by atoms with Crippen LogP contribution < -0.4 is 0 Å². The zero-order chi connectivity index (χ0) is 23.1. The summed E-state index contributed by atoms with van der Waals surface area (Å²) < 4.78 is 11.2. The zero-order valence-electron chi connectivity index (χ0n) is 19.8. The van der Waals surface area contributed by atoms with Crippen LogP contribution in [0.15, 0.2) is 71.9 Å². The number of aliphatic hydroxyl groups is 1. The summed E-state index contributed by atoms with van der Waals surface area (Å²) in [4.78, 5) is 12.4. The summed E-state index contributed by atoms with van der Waals surface area (Å²) >= 11 is 0. The third-order valence-electron chi connectivity index (χ3n) is 5.11. The first-order chi connectivity index (χ1) is 14.8. The van der Waals surface area contributed by atoms with Crippen LogP contribution in [0.4, 0.5) is 0 Å². The summed E-state index contributed by atoms with van der Waals surface area (Å²) in [6, 6.07) is 0. The van der Waals surface area contributed by atoms with Gasteiger partial charge in [-0.15, -0.1) is 0 Å². The average Bonchev–Trinajstić information content (AvgIpc) is 2.71. The van der Waals surface area contributed by atoms with E-state index in [1.165, 1.54) is 5.57 Å². The van der Waals surface area contributed by atoms with Crippen molar-refractivity contribution < 1.29 is 19.4 Å². The number of hydrogen-bond donors (Lipinski definition) is 1. The number of esters is 1. The first-order valence-electron chi connectivity index (χ1n) is 11.2. The maximum absolute atomic E-state index is 12.4. The molecule has 1 aliphatic rings. The third kappa shape index (κ3) is 12.3. The monoisotopic (exact) mass is 428 g/mol. The van der Waals surface area contributed by atoms with Crippen molar-refractivity contribution in [3.63, 3.8) is 0 Å². The van der Waals surface area contributed by atoms with Gasteiger partial charge in [0.05, 0.1) is 18.6 Å². The molecule has 0 aromatic rings. The lowest BCUT2D eigenvalue weighted by Gasteiger charge is -2.17. The largest absolute Gasteiger partial charge is 0.458 e. The molecule has 0 saturated heterocycles. The smallest absolute Gasteiger partial charge is 0.309 e. The van der Waals surface area contributed by atoms with E-state index in [0.29, 0.717) is 18.8 Å². The van der Waals surface area contributed by atoms with Gasteiger partial charge in [0.15, 0.2) is 0 Å². The number of methoxy groups -OCH3 is 1. The Morgan fingerprint density at radius 2 is 1.94 bits per heavy atom. The highest BCUT2D eigenvalue weighted by molar-refractivity contribution is 5.70. The Kier molecular flexibility index (Phi) is 13.5. The number of carbonyl (C=O) groups excluding carboxylic acids is 1. The minimum atomic E-state index is -0.876. The predicted molar refractivity (Wildman–Crippen MR) is 129 cm³/mol. The van der Waals surface area contributed by atoms with Crippen LogP contribution in [0.1, 0.15) is 59.8 Å². The highest BCUT2D eigenvalue weighted by Gasteiger charge is 2.15. The molecular weight excluding hydrogens is 388 g/mol. The fourth-order valence-electron chi connectivity index (χ4n) is 3.41. The summed E-state index contributed by atoms with van der Waals surface area (Å²) in [6.45, 7) is 8.28. The second kappa shape index (κ2) is 15.6. The molecule has 0 aromatic carbocycles. The van der Waals surface area contributed by atoms with Crippen molar-refractivity contribution in [2.24, 2.45) is 5.92 Å². The maximum atomic E-state index is 12.4. The summed E-state index contributed by atoms with van der Waals surface area (Å²) in [5.41, 5.74) is 2.31. The molecule has 0 aliphatic carbocycles. The molecule has 4 nitrogen and oxygen atoms in total. The van der Waals surface area contributed by atoms with Crippen molar-refractivity contribution in [3.05, 3.63) is 71.9 Å². The Morgan fingerprint density at radius 1 is 1.23 bits per heavy atom. The molecule has 0 fully saturated rings. The number of aliphatic hydroxyl groups excluding tert-OH is 1. The lowest BCUT2D eigenvalue weighted by atomic mass is 9.99. The van der Waals surface area contributed by atoms with Crippen LogP contribution in [-0.2, 0) is 14.3 Å². The van der Waals surface area contributed by atoms with Crippen LogP contribution >= 0.6 is 0 Å². The highest BCUT2D eigenvalue weighted by Crippen LogP contribution is 2.17. The van der Waals surface area contributed by atoms with Crippen molar-refractivity contribution in [3.8, 4) is 0 Å². The molecule has 1 N–H and O–H groups in total. The van der Waals surface area contributed by atoms with E-state index in [1.807, 2.05) is 50.3 Å². The standard InChI is InChI=1S/C27H40O4/c1-6-7-13-22(3)19-25-16-11-9-8-10-14-21(2)18-23(4)26(30-5)17-12-15-24(28)20-27(29)31-25/h6-12,15,18-19,21,24-26,28H,13-14,16-17,20H2,1-5H3/b7-6+,10-8+,11-9+,15-12+,22-19-,23-18+/t21-,24+,25+,26-/m0/s1. The fraction of sp³-hybridized carbons (Fsp3) is 0.519. The molecular formula is C27H40O4. The maximum Gasteiger partial charge on any atom is 0.309 e. The second-order valence-electron chi connectivity index (χ2n) is 8.19. The molecule has 0 spiro atoms. The van der Waals surface area contributed by atoms with E-state index in [4.69, 9.17) is 9.47 Å². The zero-order valence-corrected chi connectivity index (χ0v) is 19.8. The number of hydrogen-bond acceptors (Lipinski definition) is 4.